The van der Waals surface area contributed by atoms with Crippen LogP contribution in [0.15, 0.2) is 48.5 Å². The van der Waals surface area contributed by atoms with Crippen molar-refractivity contribution in [3.05, 3.63) is 65.2 Å². The highest BCUT2D eigenvalue weighted by Crippen LogP contribution is 2.37. The second-order valence-corrected chi connectivity index (χ2v) is 5.24. The molecule has 19 heavy (non-hydrogen) atoms. The van der Waals surface area contributed by atoms with Crippen molar-refractivity contribution in [1.29, 1.82) is 0 Å². The first-order valence-electron chi connectivity index (χ1n) is 6.38. The van der Waals surface area contributed by atoms with E-state index in [-0.39, 0.29) is 5.75 Å². The quantitative estimate of drug-likeness (QED) is 0.820. The molecule has 3 heteroatoms. The molecule has 0 amide bonds. The minimum atomic E-state index is -1.02. The van der Waals surface area contributed by atoms with Crippen molar-refractivity contribution in [3.8, 4) is 5.75 Å². The fourth-order valence-corrected chi connectivity index (χ4v) is 2.87. The zero-order valence-corrected chi connectivity index (χ0v) is 10.9. The number of fused-ring (bicyclic) bond motifs is 1. The normalized spacial score (nSPS) is 23.1. The standard InChI is InChI=1S/C16H17NO2/c1-17-10-12-4-2-3-5-15(12)16(19,11-17)13-6-8-14(18)9-7-13/h2-9,18-19H,10-11H2,1H3. The number of likely N-dealkylation sites (N-methyl/N-ethyl adjacent to an activating group) is 1. The summed E-state index contributed by atoms with van der Waals surface area (Å²) in [7, 11) is 2.00. The monoisotopic (exact) mass is 255 g/mol. The molecule has 0 fully saturated rings. The second kappa shape index (κ2) is 4.37. The number of hydrogen-bond acceptors (Lipinski definition) is 3. The van der Waals surface area contributed by atoms with Crippen LogP contribution in [0.25, 0.3) is 0 Å². The summed E-state index contributed by atoms with van der Waals surface area (Å²) in [4.78, 5) is 2.11. The van der Waals surface area contributed by atoms with Crippen LogP contribution in [0.3, 0.4) is 0 Å². The highest BCUT2D eigenvalue weighted by atomic mass is 16.3. The average Bonchev–Trinajstić information content (AvgIpc) is 2.39. The van der Waals surface area contributed by atoms with Gasteiger partial charge in [-0.3, -0.25) is 4.90 Å². The van der Waals surface area contributed by atoms with E-state index in [1.54, 1.807) is 24.3 Å². The van der Waals surface area contributed by atoms with Crippen molar-refractivity contribution in [1.82, 2.24) is 4.90 Å². The number of β-amino-alcohol motifs (C(OH)–C–C–N with tert-alkyl or cyclic N) is 1. The topological polar surface area (TPSA) is 43.7 Å². The van der Waals surface area contributed by atoms with Crippen molar-refractivity contribution in [2.75, 3.05) is 13.6 Å². The maximum atomic E-state index is 11.1. The Morgan fingerprint density at radius 2 is 1.74 bits per heavy atom. The van der Waals surface area contributed by atoms with Gasteiger partial charge in [0, 0.05) is 13.1 Å². The molecule has 0 aromatic heterocycles. The Hall–Kier alpha value is -1.84. The first-order valence-corrected chi connectivity index (χ1v) is 6.38. The van der Waals surface area contributed by atoms with E-state index in [0.717, 1.165) is 23.2 Å². The SMILES string of the molecule is CN1Cc2ccccc2C(O)(c2ccc(O)cc2)C1. The number of hydrogen-bond donors (Lipinski definition) is 2. The Bertz CT molecular complexity index is 594. The van der Waals surface area contributed by atoms with Gasteiger partial charge < -0.3 is 10.2 Å². The molecule has 0 spiro atoms. The third-order valence-electron chi connectivity index (χ3n) is 3.75. The second-order valence-electron chi connectivity index (χ2n) is 5.24. The van der Waals surface area contributed by atoms with E-state index in [1.807, 2.05) is 25.2 Å². The summed E-state index contributed by atoms with van der Waals surface area (Å²) in [6.45, 7) is 1.39. The van der Waals surface area contributed by atoms with Gasteiger partial charge in [-0.2, -0.15) is 0 Å². The van der Waals surface area contributed by atoms with Gasteiger partial charge in [0.2, 0.25) is 0 Å². The van der Waals surface area contributed by atoms with Crippen LogP contribution < -0.4 is 0 Å². The lowest BCUT2D eigenvalue weighted by Crippen LogP contribution is -2.44. The molecule has 0 aliphatic carbocycles. The molecule has 3 rings (SSSR count). The minimum Gasteiger partial charge on any atom is -0.508 e. The zero-order chi connectivity index (χ0) is 13.5. The lowest BCUT2D eigenvalue weighted by Gasteiger charge is -2.39. The maximum Gasteiger partial charge on any atom is 0.128 e. The number of aromatic hydroxyl groups is 1. The summed E-state index contributed by atoms with van der Waals surface area (Å²) in [5.74, 6) is 0.213. The van der Waals surface area contributed by atoms with Crippen molar-refractivity contribution in [3.63, 3.8) is 0 Å². The van der Waals surface area contributed by atoms with E-state index in [9.17, 15) is 10.2 Å². The van der Waals surface area contributed by atoms with Gasteiger partial charge in [-0.05, 0) is 35.9 Å². The molecule has 3 nitrogen and oxygen atoms in total. The fourth-order valence-electron chi connectivity index (χ4n) is 2.87. The molecule has 0 radical (unpaired) electrons. The van der Waals surface area contributed by atoms with Crippen LogP contribution in [0.5, 0.6) is 5.75 Å². The van der Waals surface area contributed by atoms with Gasteiger partial charge in [-0.15, -0.1) is 0 Å². The Morgan fingerprint density at radius 3 is 2.47 bits per heavy atom. The fraction of sp³-hybridized carbons (Fsp3) is 0.250. The molecule has 2 aromatic rings. The van der Waals surface area contributed by atoms with Crippen molar-refractivity contribution >= 4 is 0 Å². The van der Waals surface area contributed by atoms with E-state index in [0.29, 0.717) is 6.54 Å². The first-order chi connectivity index (χ1) is 9.09. The van der Waals surface area contributed by atoms with Crippen LogP contribution in [0.2, 0.25) is 0 Å². The Labute approximate surface area is 112 Å². The summed E-state index contributed by atoms with van der Waals surface area (Å²) in [6, 6.07) is 14.8. The first kappa shape index (κ1) is 12.2. The van der Waals surface area contributed by atoms with Crippen molar-refractivity contribution < 1.29 is 10.2 Å². The molecular weight excluding hydrogens is 238 g/mol. The third kappa shape index (κ3) is 2.01. The number of phenolic OH excluding ortho intramolecular Hbond substituents is 1. The molecule has 0 bridgehead atoms. The van der Waals surface area contributed by atoms with Gasteiger partial charge in [0.25, 0.3) is 0 Å². The predicted octanol–water partition coefficient (Wildman–Crippen LogP) is 2.07. The van der Waals surface area contributed by atoms with Crippen molar-refractivity contribution in [2.45, 2.75) is 12.1 Å². The number of benzene rings is 2. The highest BCUT2D eigenvalue weighted by molar-refractivity contribution is 5.44. The summed E-state index contributed by atoms with van der Waals surface area (Å²) in [6.07, 6.45) is 0. The minimum absolute atomic E-state index is 0.213. The third-order valence-corrected chi connectivity index (χ3v) is 3.75. The molecule has 1 heterocycles. The molecule has 2 N–H and O–H groups in total. The number of phenols is 1. The van der Waals surface area contributed by atoms with Crippen LogP contribution in [-0.2, 0) is 12.1 Å². The van der Waals surface area contributed by atoms with Gasteiger partial charge in [-0.1, -0.05) is 36.4 Å². The van der Waals surface area contributed by atoms with Gasteiger partial charge in [0.15, 0.2) is 0 Å². The van der Waals surface area contributed by atoms with Crippen LogP contribution in [0.4, 0.5) is 0 Å². The molecule has 1 aliphatic rings. The van der Waals surface area contributed by atoms with E-state index in [4.69, 9.17) is 0 Å². The van der Waals surface area contributed by atoms with Crippen LogP contribution in [-0.4, -0.2) is 28.7 Å². The number of rotatable bonds is 1. The van der Waals surface area contributed by atoms with Crippen LogP contribution >= 0.6 is 0 Å². The highest BCUT2D eigenvalue weighted by Gasteiger charge is 2.37. The van der Waals surface area contributed by atoms with E-state index in [2.05, 4.69) is 11.0 Å². The summed E-state index contributed by atoms with van der Waals surface area (Å²) in [5.41, 5.74) is 1.90. The van der Waals surface area contributed by atoms with Gasteiger partial charge in [-0.25, -0.2) is 0 Å². The molecular formula is C16H17NO2. The molecule has 98 valence electrons. The summed E-state index contributed by atoms with van der Waals surface area (Å²) < 4.78 is 0. The van der Waals surface area contributed by atoms with Gasteiger partial charge >= 0.3 is 0 Å². The van der Waals surface area contributed by atoms with E-state index >= 15 is 0 Å². The molecule has 2 aromatic carbocycles. The van der Waals surface area contributed by atoms with Crippen molar-refractivity contribution in [2.24, 2.45) is 0 Å². The molecule has 1 atom stereocenters. The summed E-state index contributed by atoms with van der Waals surface area (Å²) in [5, 5.41) is 20.5. The van der Waals surface area contributed by atoms with Gasteiger partial charge in [0.1, 0.15) is 11.4 Å². The Balaban J connectivity index is 2.15. The molecule has 0 saturated heterocycles. The van der Waals surface area contributed by atoms with Crippen LogP contribution in [0.1, 0.15) is 16.7 Å². The average molecular weight is 255 g/mol. The predicted molar refractivity (Wildman–Crippen MR) is 73.9 cm³/mol. The number of aliphatic hydroxyl groups is 1. The van der Waals surface area contributed by atoms with Crippen LogP contribution in [0, 0.1) is 0 Å². The Kier molecular flexibility index (Phi) is 2.81. The Morgan fingerprint density at radius 1 is 1.05 bits per heavy atom. The lowest BCUT2D eigenvalue weighted by molar-refractivity contribution is 0.0282. The number of nitrogens with zero attached hydrogens (tertiary/aromatic N) is 1. The van der Waals surface area contributed by atoms with E-state index < -0.39 is 5.60 Å². The molecule has 0 saturated carbocycles. The molecule has 1 aliphatic heterocycles. The van der Waals surface area contributed by atoms with Gasteiger partial charge in [0.05, 0.1) is 0 Å². The largest absolute Gasteiger partial charge is 0.508 e. The van der Waals surface area contributed by atoms with E-state index in [1.165, 1.54) is 0 Å². The molecule has 1 unspecified atom stereocenters. The zero-order valence-electron chi connectivity index (χ0n) is 10.9. The smallest absolute Gasteiger partial charge is 0.128 e. The lowest BCUT2D eigenvalue weighted by atomic mass is 9.80. The maximum absolute atomic E-state index is 11.1. The summed E-state index contributed by atoms with van der Waals surface area (Å²) >= 11 is 0.